The van der Waals surface area contributed by atoms with Gasteiger partial charge < -0.3 is 15.0 Å². The number of amides is 2. The molecule has 1 N–H and O–H groups in total. The summed E-state index contributed by atoms with van der Waals surface area (Å²) >= 11 is 0. The van der Waals surface area contributed by atoms with Gasteiger partial charge in [0.2, 0.25) is 11.8 Å². The van der Waals surface area contributed by atoms with Gasteiger partial charge in [0, 0.05) is 32.7 Å². The number of ether oxygens (including phenoxy) is 1. The fraction of sp³-hybridized carbons (Fsp3) is 0.391. The van der Waals surface area contributed by atoms with E-state index in [4.69, 9.17) is 4.74 Å². The molecule has 1 aliphatic rings. The van der Waals surface area contributed by atoms with Gasteiger partial charge in [0.25, 0.3) is 0 Å². The number of hydrogen-bond donors (Lipinski definition) is 1. The smallest absolute Gasteiger partial charge is 0.244 e. The second-order valence-corrected chi connectivity index (χ2v) is 7.29. The number of carbonyl (C=O) groups is 2. The van der Waals surface area contributed by atoms with Gasteiger partial charge in [-0.3, -0.25) is 14.5 Å². The quantitative estimate of drug-likeness (QED) is 0.745. The number of nitrogens with zero attached hydrogens (tertiary/aromatic N) is 2. The molecule has 1 aliphatic heterocycles. The Morgan fingerprint density at radius 2 is 1.59 bits per heavy atom. The number of carbonyl (C=O) groups excluding carboxylic acids is 2. The molecule has 1 saturated heterocycles. The summed E-state index contributed by atoms with van der Waals surface area (Å²) in [6.45, 7) is 5.98. The summed E-state index contributed by atoms with van der Waals surface area (Å²) in [7, 11) is 0. The topological polar surface area (TPSA) is 61.9 Å². The number of para-hydroxylation sites is 1. The molecular weight excluding hydrogens is 366 g/mol. The first-order chi connectivity index (χ1) is 14.1. The van der Waals surface area contributed by atoms with Crippen molar-refractivity contribution in [3.8, 4) is 5.75 Å². The Labute approximate surface area is 172 Å². The number of benzene rings is 2. The number of hydrogen-bond acceptors (Lipinski definition) is 4. The second kappa shape index (κ2) is 10.6. The molecule has 2 aromatic carbocycles. The third kappa shape index (κ3) is 6.61. The highest BCUT2D eigenvalue weighted by Gasteiger charge is 2.25. The Morgan fingerprint density at radius 1 is 0.966 bits per heavy atom. The van der Waals surface area contributed by atoms with Crippen LogP contribution in [0.3, 0.4) is 0 Å². The van der Waals surface area contributed by atoms with Crippen molar-refractivity contribution in [2.45, 2.75) is 25.9 Å². The van der Waals surface area contributed by atoms with E-state index in [0.29, 0.717) is 13.1 Å². The molecule has 1 atom stereocenters. The molecule has 0 spiro atoms. The first-order valence-electron chi connectivity index (χ1n) is 10.1. The molecule has 3 rings (SSSR count). The summed E-state index contributed by atoms with van der Waals surface area (Å²) in [5.41, 5.74) is 1.28. The minimum absolute atomic E-state index is 0.0262. The van der Waals surface area contributed by atoms with Crippen LogP contribution in [0.1, 0.15) is 18.9 Å². The van der Waals surface area contributed by atoms with Crippen molar-refractivity contribution >= 4 is 11.8 Å². The van der Waals surface area contributed by atoms with Gasteiger partial charge in [-0.15, -0.1) is 0 Å². The van der Waals surface area contributed by atoms with Crippen LogP contribution in [-0.2, 0) is 16.1 Å². The van der Waals surface area contributed by atoms with Crippen molar-refractivity contribution in [1.29, 1.82) is 0 Å². The van der Waals surface area contributed by atoms with Crippen LogP contribution in [-0.4, -0.2) is 60.4 Å². The van der Waals surface area contributed by atoms with Crippen LogP contribution in [0.2, 0.25) is 0 Å². The molecule has 154 valence electrons. The summed E-state index contributed by atoms with van der Waals surface area (Å²) < 4.78 is 5.53. The van der Waals surface area contributed by atoms with Crippen LogP contribution < -0.4 is 10.1 Å². The molecule has 6 heteroatoms. The lowest BCUT2D eigenvalue weighted by molar-refractivity contribution is -0.137. The first kappa shape index (κ1) is 20.9. The molecule has 0 saturated carbocycles. The lowest BCUT2D eigenvalue weighted by Crippen LogP contribution is -2.54. The van der Waals surface area contributed by atoms with E-state index in [2.05, 4.69) is 22.3 Å². The van der Waals surface area contributed by atoms with Gasteiger partial charge in [-0.2, -0.15) is 0 Å². The maximum absolute atomic E-state index is 12.7. The summed E-state index contributed by atoms with van der Waals surface area (Å²) in [5, 5.41) is 2.79. The van der Waals surface area contributed by atoms with Gasteiger partial charge in [0.05, 0.1) is 13.0 Å². The monoisotopic (exact) mass is 395 g/mol. The minimum Gasteiger partial charge on any atom is -0.493 e. The van der Waals surface area contributed by atoms with E-state index < -0.39 is 6.04 Å². The molecule has 0 aliphatic carbocycles. The molecule has 29 heavy (non-hydrogen) atoms. The molecule has 6 nitrogen and oxygen atoms in total. The van der Waals surface area contributed by atoms with E-state index in [0.717, 1.165) is 25.4 Å². The summed E-state index contributed by atoms with van der Waals surface area (Å²) in [4.78, 5) is 29.0. The lowest BCUT2D eigenvalue weighted by atomic mass is 10.2. The van der Waals surface area contributed by atoms with E-state index in [-0.39, 0.29) is 24.8 Å². The van der Waals surface area contributed by atoms with E-state index >= 15 is 0 Å². The van der Waals surface area contributed by atoms with Gasteiger partial charge in [-0.05, 0) is 24.6 Å². The maximum atomic E-state index is 12.7. The zero-order chi connectivity index (χ0) is 20.5. The van der Waals surface area contributed by atoms with Gasteiger partial charge in [-0.25, -0.2) is 0 Å². The number of rotatable bonds is 8. The Morgan fingerprint density at radius 3 is 2.24 bits per heavy atom. The zero-order valence-electron chi connectivity index (χ0n) is 16.9. The second-order valence-electron chi connectivity index (χ2n) is 7.29. The van der Waals surface area contributed by atoms with Gasteiger partial charge in [-0.1, -0.05) is 48.5 Å². The van der Waals surface area contributed by atoms with Crippen molar-refractivity contribution in [2.75, 3.05) is 32.8 Å². The standard InChI is InChI=1S/C23H29N3O3/c1-19(24-22(27)12-17-29-21-10-6-3-7-11-21)23(28)26-15-13-25(14-16-26)18-20-8-4-2-5-9-20/h2-11,19H,12-18H2,1H3,(H,24,27)/t19-/m0/s1. The van der Waals surface area contributed by atoms with E-state index in [1.165, 1.54) is 5.56 Å². The molecule has 0 aromatic heterocycles. The fourth-order valence-corrected chi connectivity index (χ4v) is 3.40. The highest BCUT2D eigenvalue weighted by molar-refractivity contribution is 5.87. The van der Waals surface area contributed by atoms with Gasteiger partial charge in [0.15, 0.2) is 0 Å². The van der Waals surface area contributed by atoms with Crippen LogP contribution in [0.25, 0.3) is 0 Å². The third-order valence-corrected chi connectivity index (χ3v) is 5.02. The predicted octanol–water partition coefficient (Wildman–Crippen LogP) is 2.30. The zero-order valence-corrected chi connectivity index (χ0v) is 16.9. The molecule has 1 fully saturated rings. The first-order valence-corrected chi connectivity index (χ1v) is 10.1. The Bertz CT molecular complexity index is 774. The van der Waals surface area contributed by atoms with Gasteiger partial charge in [0.1, 0.15) is 11.8 Å². The highest BCUT2D eigenvalue weighted by Crippen LogP contribution is 2.10. The Balaban J connectivity index is 1.36. The normalized spacial score (nSPS) is 15.6. The molecule has 0 bridgehead atoms. The lowest BCUT2D eigenvalue weighted by Gasteiger charge is -2.36. The summed E-state index contributed by atoms with van der Waals surface area (Å²) in [6, 6.07) is 19.2. The Hall–Kier alpha value is -2.86. The van der Waals surface area contributed by atoms with E-state index in [1.807, 2.05) is 53.4 Å². The summed E-state index contributed by atoms with van der Waals surface area (Å²) in [6.07, 6.45) is 0.220. The Kier molecular flexibility index (Phi) is 7.64. The van der Waals surface area contributed by atoms with Crippen LogP contribution >= 0.6 is 0 Å². The molecular formula is C23H29N3O3. The molecule has 0 unspecified atom stereocenters. The largest absolute Gasteiger partial charge is 0.493 e. The third-order valence-electron chi connectivity index (χ3n) is 5.02. The van der Waals surface area contributed by atoms with Crippen LogP contribution in [0.15, 0.2) is 60.7 Å². The van der Waals surface area contributed by atoms with Gasteiger partial charge >= 0.3 is 0 Å². The molecule has 0 radical (unpaired) electrons. The summed E-state index contributed by atoms with van der Waals surface area (Å²) in [5.74, 6) is 0.531. The maximum Gasteiger partial charge on any atom is 0.244 e. The molecule has 2 aromatic rings. The van der Waals surface area contributed by atoms with Crippen molar-refractivity contribution in [2.24, 2.45) is 0 Å². The van der Waals surface area contributed by atoms with Crippen molar-refractivity contribution in [1.82, 2.24) is 15.1 Å². The van der Waals surface area contributed by atoms with E-state index in [1.54, 1.807) is 6.92 Å². The van der Waals surface area contributed by atoms with Crippen LogP contribution in [0.4, 0.5) is 0 Å². The van der Waals surface area contributed by atoms with E-state index in [9.17, 15) is 9.59 Å². The van der Waals surface area contributed by atoms with Crippen molar-refractivity contribution in [3.05, 3.63) is 66.2 Å². The number of nitrogens with one attached hydrogen (secondary N) is 1. The average Bonchev–Trinajstić information content (AvgIpc) is 2.75. The SMILES string of the molecule is C[C@H](NC(=O)CCOc1ccccc1)C(=O)N1CCN(Cc2ccccc2)CC1. The highest BCUT2D eigenvalue weighted by atomic mass is 16.5. The minimum atomic E-state index is -0.528. The van der Waals surface area contributed by atoms with Crippen molar-refractivity contribution < 1.29 is 14.3 Å². The van der Waals surface area contributed by atoms with Crippen LogP contribution in [0, 0.1) is 0 Å². The predicted molar refractivity (Wildman–Crippen MR) is 112 cm³/mol. The average molecular weight is 396 g/mol. The van der Waals surface area contributed by atoms with Crippen molar-refractivity contribution in [3.63, 3.8) is 0 Å². The molecule has 1 heterocycles. The van der Waals surface area contributed by atoms with Crippen LogP contribution in [0.5, 0.6) is 5.75 Å². The molecule has 2 amide bonds. The number of piperazine rings is 1. The fourth-order valence-electron chi connectivity index (χ4n) is 3.40.